The summed E-state index contributed by atoms with van der Waals surface area (Å²) in [6.07, 6.45) is -12.0. The monoisotopic (exact) mass is 273 g/mol. The number of phenols is 1. The van der Waals surface area contributed by atoms with Crippen LogP contribution >= 0.6 is 0 Å². The minimum Gasteiger partial charge on any atom is -0.506 e. The van der Waals surface area contributed by atoms with Gasteiger partial charge in [-0.1, -0.05) is 6.07 Å². The van der Waals surface area contributed by atoms with Crippen molar-refractivity contribution >= 4 is 5.69 Å². The van der Waals surface area contributed by atoms with Gasteiger partial charge >= 0.3 is 12.4 Å². The zero-order valence-corrected chi connectivity index (χ0v) is 8.81. The maximum absolute atomic E-state index is 12.3. The van der Waals surface area contributed by atoms with Crippen molar-refractivity contribution in [1.29, 1.82) is 0 Å². The Kier molecular flexibility index (Phi) is 3.68. The van der Waals surface area contributed by atoms with Gasteiger partial charge in [-0.3, -0.25) is 0 Å². The van der Waals surface area contributed by atoms with Crippen molar-refractivity contribution < 1.29 is 31.4 Å². The molecule has 0 unspecified atom stereocenters. The van der Waals surface area contributed by atoms with E-state index >= 15 is 0 Å². The molecule has 0 atom stereocenters. The lowest BCUT2D eigenvalue weighted by Crippen LogP contribution is -2.38. The first kappa shape index (κ1) is 14.5. The Morgan fingerprint density at radius 3 is 1.94 bits per heavy atom. The highest BCUT2D eigenvalue weighted by atomic mass is 19.4. The van der Waals surface area contributed by atoms with Gasteiger partial charge in [0.2, 0.25) is 0 Å². The molecule has 1 aromatic carbocycles. The van der Waals surface area contributed by atoms with Crippen molar-refractivity contribution in [3.05, 3.63) is 23.8 Å². The summed E-state index contributed by atoms with van der Waals surface area (Å²) >= 11 is 0. The standard InChI is InChI=1S/C10H9F6NO/c11-9(12,13)8(10(14,15)16)4-5-1-2-7(18)6(17)3-5/h1-3,8,18H,4,17H2. The highest BCUT2D eigenvalue weighted by Crippen LogP contribution is 2.41. The summed E-state index contributed by atoms with van der Waals surface area (Å²) in [5.74, 6) is -3.84. The largest absolute Gasteiger partial charge is 0.506 e. The number of rotatable bonds is 2. The van der Waals surface area contributed by atoms with Crippen LogP contribution in [0.5, 0.6) is 5.75 Å². The second-order valence-electron chi connectivity index (χ2n) is 3.73. The Balaban J connectivity index is 3.01. The fraction of sp³-hybridized carbons (Fsp3) is 0.400. The van der Waals surface area contributed by atoms with Gasteiger partial charge in [0.1, 0.15) is 5.75 Å². The summed E-state index contributed by atoms with van der Waals surface area (Å²) < 4.78 is 73.7. The molecule has 0 aliphatic rings. The fourth-order valence-electron chi connectivity index (χ4n) is 1.38. The van der Waals surface area contributed by atoms with E-state index in [1.54, 1.807) is 0 Å². The number of benzene rings is 1. The Morgan fingerprint density at radius 2 is 1.56 bits per heavy atom. The van der Waals surface area contributed by atoms with E-state index in [9.17, 15) is 26.3 Å². The molecule has 0 aromatic heterocycles. The summed E-state index contributed by atoms with van der Waals surface area (Å²) in [6, 6.07) is 2.81. The maximum atomic E-state index is 12.3. The summed E-state index contributed by atoms with van der Waals surface area (Å²) in [5.41, 5.74) is 4.69. The van der Waals surface area contributed by atoms with Gasteiger partial charge in [0.15, 0.2) is 5.92 Å². The van der Waals surface area contributed by atoms with E-state index in [1.807, 2.05) is 0 Å². The Morgan fingerprint density at radius 1 is 1.06 bits per heavy atom. The van der Waals surface area contributed by atoms with Crippen molar-refractivity contribution in [1.82, 2.24) is 0 Å². The molecule has 8 heteroatoms. The van der Waals surface area contributed by atoms with Crippen molar-refractivity contribution in [2.24, 2.45) is 5.92 Å². The predicted molar refractivity (Wildman–Crippen MR) is 51.8 cm³/mol. The highest BCUT2D eigenvalue weighted by Gasteiger charge is 2.56. The van der Waals surface area contributed by atoms with Gasteiger partial charge in [0, 0.05) is 0 Å². The Labute approximate surface area is 98.0 Å². The number of anilines is 1. The number of aromatic hydroxyl groups is 1. The molecule has 0 radical (unpaired) electrons. The van der Waals surface area contributed by atoms with Crippen molar-refractivity contribution in [3.8, 4) is 5.75 Å². The van der Waals surface area contributed by atoms with Gasteiger partial charge in [-0.15, -0.1) is 0 Å². The van der Waals surface area contributed by atoms with Crippen LogP contribution in [0.25, 0.3) is 0 Å². The maximum Gasteiger partial charge on any atom is 0.400 e. The van der Waals surface area contributed by atoms with Gasteiger partial charge in [-0.2, -0.15) is 26.3 Å². The lowest BCUT2D eigenvalue weighted by Gasteiger charge is -2.23. The number of nitrogens with two attached hydrogens (primary N) is 1. The number of hydrogen-bond acceptors (Lipinski definition) is 2. The topological polar surface area (TPSA) is 46.2 Å². The van der Waals surface area contributed by atoms with Gasteiger partial charge < -0.3 is 10.8 Å². The number of nitrogen functional groups attached to an aromatic ring is 1. The summed E-state index contributed by atoms with van der Waals surface area (Å²) in [4.78, 5) is 0. The summed E-state index contributed by atoms with van der Waals surface area (Å²) in [7, 11) is 0. The van der Waals surface area contributed by atoms with E-state index in [1.165, 1.54) is 0 Å². The van der Waals surface area contributed by atoms with E-state index in [4.69, 9.17) is 10.8 Å². The average molecular weight is 273 g/mol. The van der Waals surface area contributed by atoms with Crippen LogP contribution in [-0.2, 0) is 6.42 Å². The second kappa shape index (κ2) is 4.58. The molecular formula is C10H9F6NO. The average Bonchev–Trinajstić information content (AvgIpc) is 2.16. The third-order valence-electron chi connectivity index (χ3n) is 2.32. The minimum absolute atomic E-state index is 0.245. The SMILES string of the molecule is Nc1cc(CC(C(F)(F)F)C(F)(F)F)ccc1O. The molecule has 3 N–H and O–H groups in total. The Bertz CT molecular complexity index is 411. The lowest BCUT2D eigenvalue weighted by atomic mass is 9.97. The molecule has 0 amide bonds. The lowest BCUT2D eigenvalue weighted by molar-refractivity contribution is -0.283. The number of phenolic OH excluding ortho intramolecular Hbond substituents is 1. The van der Waals surface area contributed by atoms with E-state index in [0.29, 0.717) is 0 Å². The summed E-state index contributed by atoms with van der Waals surface area (Å²) in [6.45, 7) is 0. The molecule has 102 valence electrons. The van der Waals surface area contributed by atoms with Crippen LogP contribution in [0.3, 0.4) is 0 Å². The minimum atomic E-state index is -5.38. The molecule has 0 aliphatic heterocycles. The summed E-state index contributed by atoms with van der Waals surface area (Å²) in [5, 5.41) is 9.03. The first-order chi connectivity index (χ1) is 8.01. The molecular weight excluding hydrogens is 264 g/mol. The van der Waals surface area contributed by atoms with Crippen molar-refractivity contribution in [2.75, 3.05) is 5.73 Å². The zero-order valence-electron chi connectivity index (χ0n) is 8.81. The molecule has 0 saturated carbocycles. The van der Waals surface area contributed by atoms with Crippen LogP contribution in [0, 0.1) is 5.92 Å². The molecule has 0 fully saturated rings. The van der Waals surface area contributed by atoms with Crippen LogP contribution in [-0.4, -0.2) is 17.5 Å². The van der Waals surface area contributed by atoms with E-state index in [2.05, 4.69) is 0 Å². The first-order valence-corrected chi connectivity index (χ1v) is 4.72. The van der Waals surface area contributed by atoms with Crippen molar-refractivity contribution in [2.45, 2.75) is 18.8 Å². The van der Waals surface area contributed by atoms with Crippen LogP contribution in [0.15, 0.2) is 18.2 Å². The number of halogens is 6. The quantitative estimate of drug-likeness (QED) is 0.493. The molecule has 0 saturated heterocycles. The van der Waals surface area contributed by atoms with E-state index in [0.717, 1.165) is 18.2 Å². The molecule has 0 spiro atoms. The van der Waals surface area contributed by atoms with Crippen LogP contribution in [0.4, 0.5) is 32.0 Å². The van der Waals surface area contributed by atoms with Crippen LogP contribution in [0.2, 0.25) is 0 Å². The van der Waals surface area contributed by atoms with E-state index in [-0.39, 0.29) is 11.3 Å². The third kappa shape index (κ3) is 3.44. The molecule has 0 aliphatic carbocycles. The predicted octanol–water partition coefficient (Wildman–Crippen LogP) is 3.26. The second-order valence-corrected chi connectivity index (χ2v) is 3.73. The first-order valence-electron chi connectivity index (χ1n) is 4.72. The smallest absolute Gasteiger partial charge is 0.400 e. The van der Waals surface area contributed by atoms with Gasteiger partial charge in [-0.05, 0) is 24.1 Å². The molecule has 1 aromatic rings. The molecule has 1 rings (SSSR count). The van der Waals surface area contributed by atoms with Gasteiger partial charge in [0.05, 0.1) is 5.69 Å². The Hall–Kier alpha value is -1.60. The van der Waals surface area contributed by atoms with Crippen LogP contribution < -0.4 is 5.73 Å². The molecule has 2 nitrogen and oxygen atoms in total. The van der Waals surface area contributed by atoms with E-state index < -0.39 is 30.4 Å². The zero-order chi connectivity index (χ0) is 14.1. The van der Waals surface area contributed by atoms with Crippen LogP contribution in [0.1, 0.15) is 5.56 Å². The molecule has 18 heavy (non-hydrogen) atoms. The third-order valence-corrected chi connectivity index (χ3v) is 2.32. The normalized spacial score (nSPS) is 13.1. The number of alkyl halides is 6. The molecule has 0 heterocycles. The van der Waals surface area contributed by atoms with Gasteiger partial charge in [-0.25, -0.2) is 0 Å². The fourth-order valence-corrected chi connectivity index (χ4v) is 1.38. The molecule has 0 bridgehead atoms. The van der Waals surface area contributed by atoms with Crippen molar-refractivity contribution in [3.63, 3.8) is 0 Å². The number of hydrogen-bond donors (Lipinski definition) is 2. The van der Waals surface area contributed by atoms with Gasteiger partial charge in [0.25, 0.3) is 0 Å². The highest BCUT2D eigenvalue weighted by molar-refractivity contribution is 5.53.